The minimum atomic E-state index is 0.717. The Morgan fingerprint density at radius 3 is 2.87 bits per heavy atom. The Morgan fingerprint density at radius 2 is 2.13 bits per heavy atom. The lowest BCUT2D eigenvalue weighted by atomic mass is 10.2. The second kappa shape index (κ2) is 5.45. The van der Waals surface area contributed by atoms with E-state index in [4.69, 9.17) is 0 Å². The van der Waals surface area contributed by atoms with Crippen molar-refractivity contribution in [2.45, 2.75) is 37.5 Å². The quantitative estimate of drug-likeness (QED) is 0.827. The molecule has 1 nitrogen and oxygen atoms in total. The van der Waals surface area contributed by atoms with Crippen molar-refractivity contribution in [1.29, 1.82) is 0 Å². The molecule has 2 rings (SSSR count). The zero-order chi connectivity index (χ0) is 10.5. The van der Waals surface area contributed by atoms with E-state index in [1.54, 1.807) is 0 Å². The van der Waals surface area contributed by atoms with E-state index in [1.165, 1.54) is 36.9 Å². The zero-order valence-corrected chi connectivity index (χ0v) is 10.1. The molecular formula is C13H19NS. The molecule has 1 aromatic rings. The largest absolute Gasteiger partial charge is 0.382 e. The van der Waals surface area contributed by atoms with Crippen LogP contribution < -0.4 is 5.32 Å². The first-order valence-corrected chi connectivity index (χ1v) is 7.12. The normalized spacial score (nSPS) is 16.9. The van der Waals surface area contributed by atoms with Gasteiger partial charge in [0.1, 0.15) is 0 Å². The summed E-state index contributed by atoms with van der Waals surface area (Å²) >= 11 is 1.88. The van der Waals surface area contributed by atoms with Gasteiger partial charge in [-0.1, -0.05) is 25.0 Å². The van der Waals surface area contributed by atoms with Crippen LogP contribution in [0.1, 0.15) is 31.2 Å². The van der Waals surface area contributed by atoms with Gasteiger partial charge in [0.15, 0.2) is 0 Å². The molecule has 0 bridgehead atoms. The third-order valence-electron chi connectivity index (χ3n) is 2.96. The molecule has 2 heteroatoms. The monoisotopic (exact) mass is 221 g/mol. The fraction of sp³-hybridized carbons (Fsp3) is 0.538. The van der Waals surface area contributed by atoms with Gasteiger partial charge in [0.05, 0.1) is 0 Å². The van der Waals surface area contributed by atoms with Gasteiger partial charge in [-0.15, -0.1) is 0 Å². The Labute approximate surface area is 96.7 Å². The molecule has 1 aromatic carbocycles. The summed E-state index contributed by atoms with van der Waals surface area (Å²) in [6.45, 7) is 0. The molecule has 1 aliphatic carbocycles. The molecule has 1 fully saturated rings. The number of benzene rings is 1. The first kappa shape index (κ1) is 10.9. The average molecular weight is 221 g/mol. The van der Waals surface area contributed by atoms with Gasteiger partial charge in [-0.2, -0.15) is 11.8 Å². The summed E-state index contributed by atoms with van der Waals surface area (Å²) in [5.74, 6) is 1.11. The van der Waals surface area contributed by atoms with Crippen LogP contribution in [0.15, 0.2) is 24.3 Å². The molecule has 15 heavy (non-hydrogen) atoms. The third kappa shape index (κ3) is 3.16. The van der Waals surface area contributed by atoms with Crippen molar-refractivity contribution in [2.75, 3.05) is 11.6 Å². The van der Waals surface area contributed by atoms with Crippen molar-refractivity contribution in [3.63, 3.8) is 0 Å². The average Bonchev–Trinajstić information content (AvgIpc) is 2.71. The zero-order valence-electron chi connectivity index (χ0n) is 9.33. The molecule has 1 N–H and O–H groups in total. The van der Waals surface area contributed by atoms with Crippen LogP contribution in [0.3, 0.4) is 0 Å². The van der Waals surface area contributed by atoms with Crippen LogP contribution >= 0.6 is 11.8 Å². The van der Waals surface area contributed by atoms with Gasteiger partial charge in [-0.05, 0) is 36.8 Å². The Hall–Kier alpha value is -0.630. The lowest BCUT2D eigenvalue weighted by Crippen LogP contribution is -2.14. The van der Waals surface area contributed by atoms with Gasteiger partial charge in [-0.25, -0.2) is 0 Å². The van der Waals surface area contributed by atoms with Crippen LogP contribution in [0.5, 0.6) is 0 Å². The minimum Gasteiger partial charge on any atom is -0.382 e. The fourth-order valence-corrected chi connectivity index (χ4v) is 2.74. The number of anilines is 1. The molecule has 0 aliphatic heterocycles. The summed E-state index contributed by atoms with van der Waals surface area (Å²) < 4.78 is 0. The molecule has 1 aliphatic rings. The van der Waals surface area contributed by atoms with E-state index < -0.39 is 0 Å². The predicted octanol–water partition coefficient (Wildman–Crippen LogP) is 3.90. The number of thioether (sulfide) groups is 1. The highest BCUT2D eigenvalue weighted by atomic mass is 32.2. The van der Waals surface area contributed by atoms with E-state index in [0.717, 1.165) is 11.8 Å². The van der Waals surface area contributed by atoms with Crippen molar-refractivity contribution < 1.29 is 0 Å². The maximum atomic E-state index is 3.63. The summed E-state index contributed by atoms with van der Waals surface area (Å²) in [6.07, 6.45) is 7.61. The first-order valence-electron chi connectivity index (χ1n) is 5.73. The van der Waals surface area contributed by atoms with Gasteiger partial charge in [0.25, 0.3) is 0 Å². The molecule has 82 valence electrons. The Balaban J connectivity index is 1.97. The maximum Gasteiger partial charge on any atom is 0.0345 e. The number of nitrogens with one attached hydrogen (secondary N) is 1. The third-order valence-corrected chi connectivity index (χ3v) is 3.59. The summed E-state index contributed by atoms with van der Waals surface area (Å²) in [7, 11) is 0. The maximum absolute atomic E-state index is 3.63. The molecular weight excluding hydrogens is 202 g/mol. The van der Waals surface area contributed by atoms with Crippen LogP contribution in [-0.2, 0) is 5.75 Å². The highest BCUT2D eigenvalue weighted by molar-refractivity contribution is 7.97. The van der Waals surface area contributed by atoms with Crippen LogP contribution in [0.25, 0.3) is 0 Å². The molecule has 0 unspecified atom stereocenters. The van der Waals surface area contributed by atoms with E-state index >= 15 is 0 Å². The van der Waals surface area contributed by atoms with Gasteiger partial charge >= 0.3 is 0 Å². The topological polar surface area (TPSA) is 12.0 Å². The van der Waals surface area contributed by atoms with E-state index in [0.29, 0.717) is 0 Å². The van der Waals surface area contributed by atoms with Crippen LogP contribution in [0.2, 0.25) is 0 Å². The summed E-state index contributed by atoms with van der Waals surface area (Å²) in [5.41, 5.74) is 2.72. The highest BCUT2D eigenvalue weighted by Crippen LogP contribution is 2.23. The summed E-state index contributed by atoms with van der Waals surface area (Å²) in [4.78, 5) is 0. The second-order valence-electron chi connectivity index (χ2n) is 4.26. The highest BCUT2D eigenvalue weighted by Gasteiger charge is 2.14. The predicted molar refractivity (Wildman–Crippen MR) is 69.5 cm³/mol. The van der Waals surface area contributed by atoms with E-state index in [2.05, 4.69) is 35.8 Å². The second-order valence-corrected chi connectivity index (χ2v) is 5.13. The molecule has 0 aromatic heterocycles. The summed E-state index contributed by atoms with van der Waals surface area (Å²) in [5, 5.41) is 3.63. The molecule has 0 saturated heterocycles. The van der Waals surface area contributed by atoms with Crippen LogP contribution in [-0.4, -0.2) is 12.3 Å². The van der Waals surface area contributed by atoms with Crippen LogP contribution in [0.4, 0.5) is 5.69 Å². The first-order chi connectivity index (χ1) is 7.38. The van der Waals surface area contributed by atoms with Crippen molar-refractivity contribution >= 4 is 17.4 Å². The van der Waals surface area contributed by atoms with Gasteiger partial charge in [-0.3, -0.25) is 0 Å². The fourth-order valence-electron chi connectivity index (χ4n) is 2.22. The van der Waals surface area contributed by atoms with E-state index in [1.807, 2.05) is 11.8 Å². The molecule has 0 spiro atoms. The molecule has 0 heterocycles. The number of hydrogen-bond acceptors (Lipinski definition) is 2. The molecule has 1 saturated carbocycles. The van der Waals surface area contributed by atoms with Gasteiger partial charge in [0, 0.05) is 17.5 Å². The number of rotatable bonds is 4. The molecule has 0 amide bonds. The molecule has 0 atom stereocenters. The lowest BCUT2D eigenvalue weighted by molar-refractivity contribution is 0.755. The van der Waals surface area contributed by atoms with Crippen molar-refractivity contribution in [1.82, 2.24) is 0 Å². The van der Waals surface area contributed by atoms with Gasteiger partial charge < -0.3 is 5.32 Å². The Kier molecular flexibility index (Phi) is 3.95. The number of hydrogen-bond donors (Lipinski definition) is 1. The van der Waals surface area contributed by atoms with Crippen molar-refractivity contribution in [3.8, 4) is 0 Å². The van der Waals surface area contributed by atoms with Crippen molar-refractivity contribution in [2.24, 2.45) is 0 Å². The smallest absolute Gasteiger partial charge is 0.0345 e. The SMILES string of the molecule is CSCc1cccc(NC2CCCC2)c1. The van der Waals surface area contributed by atoms with Gasteiger partial charge in [0.2, 0.25) is 0 Å². The lowest BCUT2D eigenvalue weighted by Gasteiger charge is -2.14. The minimum absolute atomic E-state index is 0.717. The Morgan fingerprint density at radius 1 is 1.33 bits per heavy atom. The van der Waals surface area contributed by atoms with E-state index in [-0.39, 0.29) is 0 Å². The standard InChI is InChI=1S/C13H19NS/c1-15-10-11-5-4-8-13(9-11)14-12-6-2-3-7-12/h4-5,8-9,12,14H,2-3,6-7,10H2,1H3. The van der Waals surface area contributed by atoms with Crippen molar-refractivity contribution in [3.05, 3.63) is 29.8 Å². The van der Waals surface area contributed by atoms with Crippen LogP contribution in [0, 0.1) is 0 Å². The van der Waals surface area contributed by atoms with E-state index in [9.17, 15) is 0 Å². The molecule has 0 radical (unpaired) electrons. The summed E-state index contributed by atoms with van der Waals surface area (Å²) in [6, 6.07) is 9.55. The Bertz CT molecular complexity index is 305.